The van der Waals surface area contributed by atoms with Gasteiger partial charge in [-0.3, -0.25) is 0 Å². The van der Waals surface area contributed by atoms with Crippen molar-refractivity contribution >= 4 is 23.3 Å². The Morgan fingerprint density at radius 1 is 0.667 bits per heavy atom. The molecule has 2 aromatic carbocycles. The zero-order chi connectivity index (χ0) is 23.3. The van der Waals surface area contributed by atoms with Crippen LogP contribution in [-0.2, 0) is 0 Å². The van der Waals surface area contributed by atoms with Crippen LogP contribution >= 0.6 is 0 Å². The van der Waals surface area contributed by atoms with E-state index in [1.807, 2.05) is 48.5 Å². The summed E-state index contributed by atoms with van der Waals surface area (Å²) in [5.74, 6) is 1.46. The van der Waals surface area contributed by atoms with E-state index in [4.69, 9.17) is 16.2 Å². The number of unbranched alkanes of at least 4 members (excludes halogenated alkanes) is 7. The second-order valence-electron chi connectivity index (χ2n) is 7.94. The fourth-order valence-corrected chi connectivity index (χ4v) is 3.37. The summed E-state index contributed by atoms with van der Waals surface area (Å²) >= 11 is 0. The average molecular weight is 448 g/mol. The summed E-state index contributed by atoms with van der Waals surface area (Å²) in [4.78, 5) is 12.0. The molecule has 33 heavy (non-hydrogen) atoms. The molecule has 8 nitrogen and oxygen atoms in total. The van der Waals surface area contributed by atoms with Gasteiger partial charge in [0.05, 0.1) is 18.0 Å². The van der Waals surface area contributed by atoms with Gasteiger partial charge in [0.15, 0.2) is 5.82 Å². The number of nitrogens with two attached hydrogens (primary N) is 2. The smallest absolute Gasteiger partial charge is 0.225 e. The van der Waals surface area contributed by atoms with Crippen molar-refractivity contribution in [1.82, 2.24) is 15.0 Å². The summed E-state index contributed by atoms with van der Waals surface area (Å²) in [7, 11) is 0. The fourth-order valence-electron chi connectivity index (χ4n) is 3.37. The predicted molar refractivity (Wildman–Crippen MR) is 133 cm³/mol. The lowest BCUT2D eigenvalue weighted by molar-refractivity contribution is 0.304. The number of azo groups is 1. The van der Waals surface area contributed by atoms with Crippen molar-refractivity contribution in [3.63, 3.8) is 0 Å². The average Bonchev–Trinajstić information content (AvgIpc) is 2.82. The van der Waals surface area contributed by atoms with Gasteiger partial charge in [0.2, 0.25) is 11.9 Å². The standard InChI is InChI=1S/C25H33N7O/c1-2-3-4-5-6-7-8-9-18-33-22-16-14-21(15-17-22)32-31-20-12-10-19(11-13-20)23-28-24(26)30-25(27)29-23/h10-17H,2-9,18H2,1H3,(H4,26,27,28,29,30). The molecule has 3 rings (SSSR count). The Balaban J connectivity index is 1.41. The Morgan fingerprint density at radius 2 is 1.18 bits per heavy atom. The topological polar surface area (TPSA) is 125 Å². The molecule has 0 aliphatic rings. The van der Waals surface area contributed by atoms with Crippen LogP contribution in [0.15, 0.2) is 58.8 Å². The minimum Gasteiger partial charge on any atom is -0.494 e. The molecule has 0 amide bonds. The molecule has 0 unspecified atom stereocenters. The number of anilines is 2. The Bertz CT molecular complexity index is 984. The maximum absolute atomic E-state index is 5.83. The first kappa shape index (κ1) is 24.1. The van der Waals surface area contributed by atoms with E-state index in [2.05, 4.69) is 32.1 Å². The van der Waals surface area contributed by atoms with Gasteiger partial charge >= 0.3 is 0 Å². The number of nitrogens with zero attached hydrogens (tertiary/aromatic N) is 5. The number of hydrogen-bond donors (Lipinski definition) is 2. The van der Waals surface area contributed by atoms with Crippen molar-refractivity contribution in [2.24, 2.45) is 10.2 Å². The third-order valence-corrected chi connectivity index (χ3v) is 5.18. The number of hydrogen-bond acceptors (Lipinski definition) is 8. The van der Waals surface area contributed by atoms with Gasteiger partial charge in [0.25, 0.3) is 0 Å². The Labute approximate surface area is 195 Å². The number of ether oxygens (including phenoxy) is 1. The molecule has 3 aromatic rings. The van der Waals surface area contributed by atoms with Crippen molar-refractivity contribution < 1.29 is 4.74 Å². The number of rotatable bonds is 13. The van der Waals surface area contributed by atoms with E-state index in [-0.39, 0.29) is 11.9 Å². The van der Waals surface area contributed by atoms with E-state index in [0.29, 0.717) is 11.5 Å². The monoisotopic (exact) mass is 447 g/mol. The second kappa shape index (κ2) is 13.1. The summed E-state index contributed by atoms with van der Waals surface area (Å²) in [6, 6.07) is 15.0. The molecule has 1 aromatic heterocycles. The van der Waals surface area contributed by atoms with Crippen LogP contribution in [0.2, 0.25) is 0 Å². The molecule has 0 saturated heterocycles. The molecule has 0 saturated carbocycles. The van der Waals surface area contributed by atoms with Gasteiger partial charge < -0.3 is 16.2 Å². The minimum atomic E-state index is 0.0893. The van der Waals surface area contributed by atoms with Crippen LogP contribution in [0.5, 0.6) is 5.75 Å². The highest BCUT2D eigenvalue weighted by molar-refractivity contribution is 5.60. The van der Waals surface area contributed by atoms with E-state index in [9.17, 15) is 0 Å². The van der Waals surface area contributed by atoms with Crippen molar-refractivity contribution in [1.29, 1.82) is 0 Å². The largest absolute Gasteiger partial charge is 0.494 e. The SMILES string of the molecule is CCCCCCCCCCOc1ccc(N=Nc2ccc(-c3nc(N)nc(N)n3)cc2)cc1. The third-order valence-electron chi connectivity index (χ3n) is 5.18. The predicted octanol–water partition coefficient (Wildman–Crippen LogP) is 6.64. The summed E-state index contributed by atoms with van der Waals surface area (Å²) in [5, 5.41) is 8.57. The second-order valence-corrected chi connectivity index (χ2v) is 7.94. The highest BCUT2D eigenvalue weighted by atomic mass is 16.5. The van der Waals surface area contributed by atoms with E-state index in [1.165, 1.54) is 44.9 Å². The Hall–Kier alpha value is -3.55. The molecule has 8 heteroatoms. The molecule has 0 atom stereocenters. The van der Waals surface area contributed by atoms with Crippen LogP contribution in [0.25, 0.3) is 11.4 Å². The summed E-state index contributed by atoms with van der Waals surface area (Å²) < 4.78 is 5.83. The number of benzene rings is 2. The number of nitrogen functional groups attached to an aromatic ring is 2. The molecule has 1 heterocycles. The van der Waals surface area contributed by atoms with Gasteiger partial charge in [-0.05, 0) is 55.0 Å². The van der Waals surface area contributed by atoms with Gasteiger partial charge in [-0.15, -0.1) is 0 Å². The summed E-state index contributed by atoms with van der Waals surface area (Å²) in [6.07, 6.45) is 10.3. The van der Waals surface area contributed by atoms with E-state index in [1.54, 1.807) is 0 Å². The first-order chi connectivity index (χ1) is 16.1. The molecule has 0 spiro atoms. The molecule has 0 aliphatic carbocycles. The first-order valence-electron chi connectivity index (χ1n) is 11.7. The fraction of sp³-hybridized carbons (Fsp3) is 0.400. The first-order valence-corrected chi connectivity index (χ1v) is 11.7. The quantitative estimate of drug-likeness (QED) is 0.223. The normalized spacial score (nSPS) is 11.2. The van der Waals surface area contributed by atoms with Crippen molar-refractivity contribution in [2.75, 3.05) is 18.1 Å². The minimum absolute atomic E-state index is 0.0893. The zero-order valence-corrected chi connectivity index (χ0v) is 19.3. The van der Waals surface area contributed by atoms with E-state index >= 15 is 0 Å². The van der Waals surface area contributed by atoms with Gasteiger partial charge in [-0.25, -0.2) is 0 Å². The maximum atomic E-state index is 5.83. The van der Waals surface area contributed by atoms with E-state index in [0.717, 1.165) is 30.0 Å². The van der Waals surface area contributed by atoms with Crippen LogP contribution < -0.4 is 16.2 Å². The molecule has 0 radical (unpaired) electrons. The zero-order valence-electron chi connectivity index (χ0n) is 19.3. The molecule has 0 aliphatic heterocycles. The molecule has 0 bridgehead atoms. The molecule has 4 N–H and O–H groups in total. The summed E-state index contributed by atoms with van der Waals surface area (Å²) in [5.41, 5.74) is 13.5. The van der Waals surface area contributed by atoms with Gasteiger partial charge in [-0.1, -0.05) is 51.9 Å². The number of aromatic nitrogens is 3. The van der Waals surface area contributed by atoms with Crippen LogP contribution in [0.4, 0.5) is 23.3 Å². The van der Waals surface area contributed by atoms with Crippen LogP contribution in [0.1, 0.15) is 58.3 Å². The highest BCUT2D eigenvalue weighted by Gasteiger charge is 2.05. The lowest BCUT2D eigenvalue weighted by Crippen LogP contribution is -2.04. The molecular formula is C25H33N7O. The highest BCUT2D eigenvalue weighted by Crippen LogP contribution is 2.24. The van der Waals surface area contributed by atoms with Gasteiger partial charge in [0.1, 0.15) is 5.75 Å². The van der Waals surface area contributed by atoms with Crippen molar-refractivity contribution in [2.45, 2.75) is 58.3 Å². The van der Waals surface area contributed by atoms with Gasteiger partial charge in [-0.2, -0.15) is 25.2 Å². The van der Waals surface area contributed by atoms with Crippen LogP contribution in [-0.4, -0.2) is 21.6 Å². The lowest BCUT2D eigenvalue weighted by atomic mass is 10.1. The molecule has 174 valence electrons. The van der Waals surface area contributed by atoms with Gasteiger partial charge in [0, 0.05) is 5.56 Å². The Kier molecular flexibility index (Phi) is 9.57. The van der Waals surface area contributed by atoms with Crippen LogP contribution in [0.3, 0.4) is 0 Å². The molecule has 0 fully saturated rings. The Morgan fingerprint density at radius 3 is 1.76 bits per heavy atom. The molecular weight excluding hydrogens is 414 g/mol. The third kappa shape index (κ3) is 8.48. The maximum Gasteiger partial charge on any atom is 0.225 e. The van der Waals surface area contributed by atoms with Crippen molar-refractivity contribution in [3.05, 3.63) is 48.5 Å². The van der Waals surface area contributed by atoms with Crippen LogP contribution in [0, 0.1) is 0 Å². The summed E-state index contributed by atoms with van der Waals surface area (Å²) in [6.45, 7) is 3.00. The van der Waals surface area contributed by atoms with E-state index < -0.39 is 0 Å². The van der Waals surface area contributed by atoms with Crippen molar-refractivity contribution in [3.8, 4) is 17.1 Å². The lowest BCUT2D eigenvalue weighted by Gasteiger charge is -2.06.